The molecule has 0 bridgehead atoms. The Hall–Kier alpha value is -1.43. The van der Waals surface area contributed by atoms with Gasteiger partial charge in [-0.2, -0.15) is 5.10 Å². The van der Waals surface area contributed by atoms with Gasteiger partial charge in [0.05, 0.1) is 6.42 Å². The first kappa shape index (κ1) is 10.6. The Labute approximate surface area is 82.0 Å². The predicted octanol–water partition coefficient (Wildman–Crippen LogP) is -0.578. The Bertz CT molecular complexity index is 297. The summed E-state index contributed by atoms with van der Waals surface area (Å²) in [5.41, 5.74) is 0. The smallest absolute Gasteiger partial charge is 0.304 e. The number of carbonyl (C=O) groups is 1. The molecule has 14 heavy (non-hydrogen) atoms. The minimum absolute atomic E-state index is 0.148. The Kier molecular flexibility index (Phi) is 4.06. The third-order valence-corrected chi connectivity index (χ3v) is 1.69. The van der Waals surface area contributed by atoms with E-state index in [2.05, 4.69) is 15.4 Å². The normalized spacial score (nSPS) is 10.4. The van der Waals surface area contributed by atoms with E-state index in [-0.39, 0.29) is 6.42 Å². The maximum atomic E-state index is 10.2. The molecule has 0 aliphatic heterocycles. The van der Waals surface area contributed by atoms with Crippen molar-refractivity contribution in [2.45, 2.75) is 12.8 Å². The molecule has 0 aromatic carbocycles. The summed E-state index contributed by atoms with van der Waals surface area (Å²) in [5.74, 6) is -0.0104. The average Bonchev–Trinajstić information content (AvgIpc) is 2.50. The molecule has 0 aliphatic rings. The van der Waals surface area contributed by atoms with Gasteiger partial charge in [-0.05, 0) is 0 Å². The highest BCUT2D eigenvalue weighted by atomic mass is 16.4. The minimum atomic E-state index is -0.784. The van der Waals surface area contributed by atoms with E-state index in [9.17, 15) is 4.79 Å². The van der Waals surface area contributed by atoms with Crippen molar-refractivity contribution in [3.8, 4) is 0 Å². The average molecular weight is 198 g/mol. The number of rotatable bonds is 6. The van der Waals surface area contributed by atoms with Gasteiger partial charge in [0.25, 0.3) is 0 Å². The lowest BCUT2D eigenvalue weighted by atomic mass is 10.4. The quantitative estimate of drug-likeness (QED) is 0.598. The van der Waals surface area contributed by atoms with E-state index >= 15 is 0 Å². The second kappa shape index (κ2) is 5.33. The number of hydrogen-bond donors (Lipinski definition) is 2. The largest absolute Gasteiger partial charge is 0.481 e. The van der Waals surface area contributed by atoms with E-state index in [1.165, 1.54) is 0 Å². The summed E-state index contributed by atoms with van der Waals surface area (Å²) < 4.78 is 1.65. The van der Waals surface area contributed by atoms with Crippen molar-refractivity contribution in [2.75, 3.05) is 13.1 Å². The molecule has 0 saturated heterocycles. The van der Waals surface area contributed by atoms with Gasteiger partial charge in [0.2, 0.25) is 0 Å². The molecule has 6 nitrogen and oxygen atoms in total. The fourth-order valence-corrected chi connectivity index (χ4v) is 1.02. The van der Waals surface area contributed by atoms with Crippen molar-refractivity contribution < 1.29 is 9.90 Å². The molecule has 6 heteroatoms. The standard InChI is InChI=1S/C8H14N4O2/c1-12-6-10-7(11-12)2-4-9-5-3-8(13)14/h6,9H,2-5H2,1H3,(H,13,14). The first-order valence-corrected chi connectivity index (χ1v) is 4.45. The van der Waals surface area contributed by atoms with Crippen LogP contribution in [0.15, 0.2) is 6.33 Å². The van der Waals surface area contributed by atoms with Crippen molar-refractivity contribution >= 4 is 5.97 Å². The van der Waals surface area contributed by atoms with Gasteiger partial charge in [-0.3, -0.25) is 9.48 Å². The third-order valence-electron chi connectivity index (χ3n) is 1.69. The number of aryl methyl sites for hydroxylation is 1. The molecule has 1 rings (SSSR count). The summed E-state index contributed by atoms with van der Waals surface area (Å²) in [5, 5.41) is 15.5. The summed E-state index contributed by atoms with van der Waals surface area (Å²) in [7, 11) is 1.81. The van der Waals surface area contributed by atoms with Gasteiger partial charge in [0.15, 0.2) is 5.82 Å². The molecule has 1 heterocycles. The Morgan fingerprint density at radius 1 is 1.64 bits per heavy atom. The molecule has 0 fully saturated rings. The van der Waals surface area contributed by atoms with E-state index < -0.39 is 5.97 Å². The molecule has 78 valence electrons. The van der Waals surface area contributed by atoms with Gasteiger partial charge < -0.3 is 10.4 Å². The van der Waals surface area contributed by atoms with Gasteiger partial charge >= 0.3 is 5.97 Å². The van der Waals surface area contributed by atoms with E-state index in [1.807, 2.05) is 7.05 Å². The SMILES string of the molecule is Cn1cnc(CCNCCC(=O)O)n1. The van der Waals surface area contributed by atoms with Crippen LogP contribution in [-0.2, 0) is 18.3 Å². The van der Waals surface area contributed by atoms with Gasteiger partial charge in [-0.15, -0.1) is 0 Å². The Morgan fingerprint density at radius 3 is 3.00 bits per heavy atom. The molecule has 0 spiro atoms. The fourth-order valence-electron chi connectivity index (χ4n) is 1.02. The van der Waals surface area contributed by atoms with Crippen LogP contribution in [0.5, 0.6) is 0 Å². The molecule has 0 aliphatic carbocycles. The number of aromatic nitrogens is 3. The highest BCUT2D eigenvalue weighted by molar-refractivity contribution is 5.66. The number of aliphatic carboxylic acids is 1. The van der Waals surface area contributed by atoms with Crippen LogP contribution in [0, 0.1) is 0 Å². The topological polar surface area (TPSA) is 80.0 Å². The monoisotopic (exact) mass is 198 g/mol. The molecule has 0 radical (unpaired) electrons. The third kappa shape index (κ3) is 3.99. The second-order valence-electron chi connectivity index (χ2n) is 2.98. The highest BCUT2D eigenvalue weighted by Gasteiger charge is 1.99. The molecule has 1 aromatic heterocycles. The van der Waals surface area contributed by atoms with Gasteiger partial charge in [-0.25, -0.2) is 4.98 Å². The van der Waals surface area contributed by atoms with Crippen molar-refractivity contribution in [2.24, 2.45) is 7.05 Å². The minimum Gasteiger partial charge on any atom is -0.481 e. The molecule has 0 amide bonds. The van der Waals surface area contributed by atoms with Crippen LogP contribution in [0.25, 0.3) is 0 Å². The first-order valence-electron chi connectivity index (χ1n) is 4.45. The van der Waals surface area contributed by atoms with Gasteiger partial charge in [0, 0.05) is 26.6 Å². The number of nitrogens with one attached hydrogen (secondary N) is 1. The molecule has 2 N–H and O–H groups in total. The summed E-state index contributed by atoms with van der Waals surface area (Å²) in [4.78, 5) is 14.2. The summed E-state index contributed by atoms with van der Waals surface area (Å²) in [6.07, 6.45) is 2.52. The molecule has 0 atom stereocenters. The lowest BCUT2D eigenvalue weighted by molar-refractivity contribution is -0.136. The van der Waals surface area contributed by atoms with E-state index in [0.29, 0.717) is 13.1 Å². The Morgan fingerprint density at radius 2 is 2.43 bits per heavy atom. The van der Waals surface area contributed by atoms with Crippen molar-refractivity contribution in [3.05, 3.63) is 12.2 Å². The highest BCUT2D eigenvalue weighted by Crippen LogP contribution is 1.88. The Balaban J connectivity index is 2.07. The molecular formula is C8H14N4O2. The van der Waals surface area contributed by atoms with E-state index in [1.54, 1.807) is 11.0 Å². The first-order chi connectivity index (χ1) is 6.68. The van der Waals surface area contributed by atoms with E-state index in [0.717, 1.165) is 12.2 Å². The fraction of sp³-hybridized carbons (Fsp3) is 0.625. The van der Waals surface area contributed by atoms with Gasteiger partial charge in [-0.1, -0.05) is 0 Å². The second-order valence-corrected chi connectivity index (χ2v) is 2.98. The lowest BCUT2D eigenvalue weighted by Gasteiger charge is -1.99. The van der Waals surface area contributed by atoms with Crippen LogP contribution < -0.4 is 5.32 Å². The maximum Gasteiger partial charge on any atom is 0.304 e. The van der Waals surface area contributed by atoms with Crippen LogP contribution >= 0.6 is 0 Å². The van der Waals surface area contributed by atoms with Crippen molar-refractivity contribution in [1.82, 2.24) is 20.1 Å². The zero-order valence-electron chi connectivity index (χ0n) is 8.10. The number of nitrogens with zero attached hydrogens (tertiary/aromatic N) is 3. The lowest BCUT2D eigenvalue weighted by Crippen LogP contribution is -2.21. The van der Waals surface area contributed by atoms with Crippen molar-refractivity contribution in [1.29, 1.82) is 0 Å². The van der Waals surface area contributed by atoms with Crippen LogP contribution in [-0.4, -0.2) is 38.9 Å². The summed E-state index contributed by atoms with van der Waals surface area (Å²) in [6, 6.07) is 0. The number of carboxylic acid groups (broad SMARTS) is 1. The number of hydrogen-bond acceptors (Lipinski definition) is 4. The zero-order valence-corrected chi connectivity index (χ0v) is 8.10. The van der Waals surface area contributed by atoms with Gasteiger partial charge in [0.1, 0.15) is 6.33 Å². The molecule has 0 saturated carbocycles. The maximum absolute atomic E-state index is 10.2. The summed E-state index contributed by atoms with van der Waals surface area (Å²) in [6.45, 7) is 1.19. The van der Waals surface area contributed by atoms with Crippen LogP contribution in [0.3, 0.4) is 0 Å². The van der Waals surface area contributed by atoms with Crippen LogP contribution in [0.2, 0.25) is 0 Å². The predicted molar refractivity (Wildman–Crippen MR) is 49.8 cm³/mol. The van der Waals surface area contributed by atoms with Crippen LogP contribution in [0.4, 0.5) is 0 Å². The molecule has 0 unspecified atom stereocenters. The molecular weight excluding hydrogens is 184 g/mol. The van der Waals surface area contributed by atoms with E-state index in [4.69, 9.17) is 5.11 Å². The number of carboxylic acids is 1. The van der Waals surface area contributed by atoms with Crippen LogP contribution in [0.1, 0.15) is 12.2 Å². The van der Waals surface area contributed by atoms with Crippen molar-refractivity contribution in [3.63, 3.8) is 0 Å². The summed E-state index contributed by atoms with van der Waals surface area (Å²) >= 11 is 0. The zero-order chi connectivity index (χ0) is 10.4. The molecule has 1 aromatic rings.